The topological polar surface area (TPSA) is 112 Å². The highest BCUT2D eigenvalue weighted by Gasteiger charge is 2.29. The van der Waals surface area contributed by atoms with Crippen LogP contribution >= 0.6 is 11.8 Å². The summed E-state index contributed by atoms with van der Waals surface area (Å²) < 4.78 is 0. The summed E-state index contributed by atoms with van der Waals surface area (Å²) >= 11 is 1.06. The first kappa shape index (κ1) is 13.6. The van der Waals surface area contributed by atoms with Crippen molar-refractivity contribution >= 4 is 29.1 Å². The SMILES string of the molecule is CC(=O)Nc1c(O)nc(SCC(=O)C2CC2)[nH]c1=O. The number of Topliss-reactive ketones (excluding diaryl/α,β-unsaturated/α-hetero) is 1. The minimum absolute atomic E-state index is 0.123. The lowest BCUT2D eigenvalue weighted by molar-refractivity contribution is -0.117. The number of amides is 1. The highest BCUT2D eigenvalue weighted by molar-refractivity contribution is 7.99. The molecule has 2 rings (SSSR count). The van der Waals surface area contributed by atoms with Crippen LogP contribution in [0.4, 0.5) is 5.69 Å². The molecule has 19 heavy (non-hydrogen) atoms. The first-order valence-corrected chi connectivity index (χ1v) is 6.72. The zero-order valence-electron chi connectivity index (χ0n) is 10.2. The van der Waals surface area contributed by atoms with E-state index >= 15 is 0 Å². The third-order valence-corrected chi connectivity index (χ3v) is 3.46. The van der Waals surface area contributed by atoms with Crippen molar-refractivity contribution in [2.24, 2.45) is 5.92 Å². The van der Waals surface area contributed by atoms with Crippen molar-refractivity contribution in [3.8, 4) is 5.88 Å². The molecular weight excluding hydrogens is 270 g/mol. The number of carbonyl (C=O) groups excluding carboxylic acids is 2. The molecule has 0 radical (unpaired) electrons. The number of aromatic nitrogens is 2. The van der Waals surface area contributed by atoms with Crippen LogP contribution in [0.1, 0.15) is 19.8 Å². The van der Waals surface area contributed by atoms with E-state index in [4.69, 9.17) is 0 Å². The van der Waals surface area contributed by atoms with Crippen LogP contribution in [0.5, 0.6) is 5.88 Å². The van der Waals surface area contributed by atoms with Gasteiger partial charge in [0.15, 0.2) is 10.8 Å². The number of ketones is 1. The number of nitrogens with one attached hydrogen (secondary N) is 2. The van der Waals surface area contributed by atoms with Gasteiger partial charge >= 0.3 is 0 Å². The number of aromatic hydroxyl groups is 1. The quantitative estimate of drug-likeness (QED) is 0.536. The second kappa shape index (κ2) is 5.43. The number of rotatable bonds is 5. The third kappa shape index (κ3) is 3.57. The molecule has 0 aliphatic heterocycles. The molecule has 1 saturated carbocycles. The fourth-order valence-electron chi connectivity index (χ4n) is 1.46. The number of hydrogen-bond acceptors (Lipinski definition) is 6. The van der Waals surface area contributed by atoms with Crippen LogP contribution in [0.2, 0.25) is 0 Å². The van der Waals surface area contributed by atoms with Crippen LogP contribution in [-0.2, 0) is 9.59 Å². The average Bonchev–Trinajstić information content (AvgIpc) is 3.14. The molecule has 0 bridgehead atoms. The summed E-state index contributed by atoms with van der Waals surface area (Å²) in [5.74, 6) is -0.552. The van der Waals surface area contributed by atoms with Crippen molar-refractivity contribution in [3.63, 3.8) is 0 Å². The summed E-state index contributed by atoms with van der Waals surface area (Å²) in [7, 11) is 0. The predicted molar refractivity (Wildman–Crippen MR) is 69.3 cm³/mol. The largest absolute Gasteiger partial charge is 0.492 e. The monoisotopic (exact) mass is 283 g/mol. The van der Waals surface area contributed by atoms with Crippen LogP contribution in [0.25, 0.3) is 0 Å². The first-order chi connectivity index (χ1) is 8.97. The summed E-state index contributed by atoms with van der Waals surface area (Å²) in [6, 6.07) is 0. The van der Waals surface area contributed by atoms with Crippen molar-refractivity contribution in [3.05, 3.63) is 10.4 Å². The van der Waals surface area contributed by atoms with E-state index in [1.54, 1.807) is 0 Å². The smallest absolute Gasteiger partial charge is 0.279 e. The van der Waals surface area contributed by atoms with E-state index in [1.807, 2.05) is 0 Å². The lowest BCUT2D eigenvalue weighted by Gasteiger charge is -2.05. The molecule has 1 aliphatic carbocycles. The van der Waals surface area contributed by atoms with Gasteiger partial charge in [-0.25, -0.2) is 0 Å². The van der Waals surface area contributed by atoms with Gasteiger partial charge in [0.05, 0.1) is 5.75 Å². The number of aromatic amines is 1. The fraction of sp³-hybridized carbons (Fsp3) is 0.455. The van der Waals surface area contributed by atoms with E-state index < -0.39 is 17.3 Å². The molecular formula is C11H13N3O4S. The predicted octanol–water partition coefficient (Wildman–Crippen LogP) is 0.505. The molecule has 8 heteroatoms. The number of carbonyl (C=O) groups is 2. The molecule has 1 aromatic heterocycles. The molecule has 0 aromatic carbocycles. The summed E-state index contributed by atoms with van der Waals surface area (Å²) in [6.45, 7) is 1.22. The molecule has 1 aliphatic rings. The van der Waals surface area contributed by atoms with Gasteiger partial charge in [0.25, 0.3) is 5.56 Å². The number of H-pyrrole nitrogens is 1. The molecule has 3 N–H and O–H groups in total. The summed E-state index contributed by atoms with van der Waals surface area (Å²) in [6.07, 6.45) is 1.85. The van der Waals surface area contributed by atoms with E-state index in [2.05, 4.69) is 15.3 Å². The molecule has 0 spiro atoms. The van der Waals surface area contributed by atoms with Crippen LogP contribution in [0.3, 0.4) is 0 Å². The molecule has 1 amide bonds. The molecule has 1 fully saturated rings. The Bertz CT molecular complexity index is 580. The highest BCUT2D eigenvalue weighted by Crippen LogP contribution is 2.31. The summed E-state index contributed by atoms with van der Waals surface area (Å²) in [5, 5.41) is 11.9. The van der Waals surface area contributed by atoms with E-state index in [0.717, 1.165) is 24.6 Å². The number of hydrogen-bond donors (Lipinski definition) is 3. The second-order valence-corrected chi connectivity index (χ2v) is 5.24. The molecule has 1 aromatic rings. The third-order valence-electron chi connectivity index (χ3n) is 2.56. The zero-order valence-corrected chi connectivity index (χ0v) is 11.0. The van der Waals surface area contributed by atoms with Crippen LogP contribution < -0.4 is 10.9 Å². The van der Waals surface area contributed by atoms with Crippen LogP contribution in [0, 0.1) is 5.92 Å². The zero-order chi connectivity index (χ0) is 14.0. The average molecular weight is 283 g/mol. The van der Waals surface area contributed by atoms with Crippen LogP contribution in [-0.4, -0.2) is 32.5 Å². The summed E-state index contributed by atoms with van der Waals surface area (Å²) in [4.78, 5) is 40.1. The lowest BCUT2D eigenvalue weighted by atomic mass is 10.3. The first-order valence-electron chi connectivity index (χ1n) is 5.73. The molecule has 102 valence electrons. The molecule has 1 heterocycles. The minimum Gasteiger partial charge on any atom is -0.492 e. The lowest BCUT2D eigenvalue weighted by Crippen LogP contribution is -2.19. The standard InChI is InChI=1S/C11H13N3O4S/c1-5(15)12-8-9(17)13-11(14-10(8)18)19-4-7(16)6-2-3-6/h6H,2-4H2,1H3,(H,12,15)(H2,13,14,17,18). The van der Waals surface area contributed by atoms with E-state index in [9.17, 15) is 19.5 Å². The Balaban J connectivity index is 2.08. The van der Waals surface area contributed by atoms with Crippen molar-refractivity contribution < 1.29 is 14.7 Å². The van der Waals surface area contributed by atoms with Gasteiger partial charge in [-0.05, 0) is 12.8 Å². The Morgan fingerprint density at radius 2 is 2.21 bits per heavy atom. The maximum absolute atomic E-state index is 11.6. The van der Waals surface area contributed by atoms with Gasteiger partial charge in [-0.1, -0.05) is 11.8 Å². The van der Waals surface area contributed by atoms with Gasteiger partial charge < -0.3 is 10.4 Å². The fourth-order valence-corrected chi connectivity index (χ4v) is 2.29. The van der Waals surface area contributed by atoms with Gasteiger partial charge in [-0.15, -0.1) is 0 Å². The number of thioether (sulfide) groups is 1. The Hall–Kier alpha value is -1.83. The Labute approximate surface area is 112 Å². The Morgan fingerprint density at radius 3 is 2.74 bits per heavy atom. The number of nitrogens with zero attached hydrogens (tertiary/aromatic N) is 1. The maximum Gasteiger partial charge on any atom is 0.279 e. The van der Waals surface area contributed by atoms with Gasteiger partial charge in [0.1, 0.15) is 5.78 Å². The van der Waals surface area contributed by atoms with Gasteiger partial charge in [0.2, 0.25) is 11.8 Å². The van der Waals surface area contributed by atoms with Gasteiger partial charge in [-0.2, -0.15) is 4.98 Å². The minimum atomic E-state index is -0.649. The van der Waals surface area contributed by atoms with Crippen molar-refractivity contribution in [1.29, 1.82) is 0 Å². The van der Waals surface area contributed by atoms with E-state index in [0.29, 0.717) is 0 Å². The van der Waals surface area contributed by atoms with Crippen molar-refractivity contribution in [1.82, 2.24) is 9.97 Å². The van der Waals surface area contributed by atoms with Crippen molar-refractivity contribution in [2.45, 2.75) is 24.9 Å². The maximum atomic E-state index is 11.6. The molecule has 0 unspecified atom stereocenters. The van der Waals surface area contributed by atoms with E-state index in [-0.39, 0.29) is 28.3 Å². The molecule has 0 atom stereocenters. The molecule has 0 saturated heterocycles. The Morgan fingerprint density at radius 1 is 1.53 bits per heavy atom. The van der Waals surface area contributed by atoms with Gasteiger partial charge in [0, 0.05) is 12.8 Å². The highest BCUT2D eigenvalue weighted by atomic mass is 32.2. The van der Waals surface area contributed by atoms with Crippen molar-refractivity contribution in [2.75, 3.05) is 11.1 Å². The second-order valence-electron chi connectivity index (χ2n) is 4.28. The number of anilines is 1. The Kier molecular flexibility index (Phi) is 3.89. The van der Waals surface area contributed by atoms with E-state index in [1.165, 1.54) is 6.92 Å². The molecule has 7 nitrogen and oxygen atoms in total. The van der Waals surface area contributed by atoms with Crippen LogP contribution in [0.15, 0.2) is 9.95 Å². The summed E-state index contributed by atoms with van der Waals surface area (Å²) in [5.41, 5.74) is -0.936. The van der Waals surface area contributed by atoms with Gasteiger partial charge in [-0.3, -0.25) is 19.4 Å². The normalized spacial score (nSPS) is 14.2.